The fourth-order valence-corrected chi connectivity index (χ4v) is 2.30. The summed E-state index contributed by atoms with van der Waals surface area (Å²) in [4.78, 5) is 0. The summed E-state index contributed by atoms with van der Waals surface area (Å²) in [5.41, 5.74) is 2.38. The summed E-state index contributed by atoms with van der Waals surface area (Å²) in [6, 6.07) is 18.5. The van der Waals surface area contributed by atoms with Gasteiger partial charge in [-0.15, -0.1) is 0 Å². The lowest BCUT2D eigenvalue weighted by Gasteiger charge is -2.13. The van der Waals surface area contributed by atoms with E-state index in [4.69, 9.17) is 9.84 Å². The molecular formula is C19H25NO2. The zero-order chi connectivity index (χ0) is 15.5. The zero-order valence-electron chi connectivity index (χ0n) is 13.0. The van der Waals surface area contributed by atoms with Crippen molar-refractivity contribution < 1.29 is 9.84 Å². The van der Waals surface area contributed by atoms with Gasteiger partial charge in [-0.05, 0) is 43.4 Å². The van der Waals surface area contributed by atoms with Crippen LogP contribution in [-0.4, -0.2) is 24.9 Å². The summed E-state index contributed by atoms with van der Waals surface area (Å²) >= 11 is 0. The van der Waals surface area contributed by atoms with Crippen LogP contribution in [0.15, 0.2) is 54.6 Å². The monoisotopic (exact) mass is 299 g/mol. The van der Waals surface area contributed by atoms with Crippen LogP contribution < -0.4 is 10.1 Å². The quantitative estimate of drug-likeness (QED) is 0.654. The lowest BCUT2D eigenvalue weighted by molar-refractivity contribution is 0.286. The normalized spacial score (nSPS) is 10.4. The molecule has 0 atom stereocenters. The molecule has 3 nitrogen and oxygen atoms in total. The average molecular weight is 299 g/mol. The molecule has 0 heterocycles. The van der Waals surface area contributed by atoms with Gasteiger partial charge in [-0.1, -0.05) is 42.5 Å². The minimum Gasteiger partial charge on any atom is -0.491 e. The van der Waals surface area contributed by atoms with Crippen molar-refractivity contribution in [2.75, 3.05) is 25.1 Å². The molecule has 0 spiro atoms. The van der Waals surface area contributed by atoms with Crippen molar-refractivity contribution in [2.24, 2.45) is 0 Å². The topological polar surface area (TPSA) is 41.5 Å². The number of hydrogen-bond donors (Lipinski definition) is 2. The highest BCUT2D eigenvalue weighted by Crippen LogP contribution is 2.24. The number of aryl methyl sites for hydroxylation is 1. The molecule has 0 radical (unpaired) electrons. The Morgan fingerprint density at radius 3 is 2.45 bits per heavy atom. The van der Waals surface area contributed by atoms with Crippen LogP contribution in [0, 0.1) is 0 Å². The first-order valence-electron chi connectivity index (χ1n) is 8.00. The number of unbranched alkanes of at least 4 members (excludes halogenated alkanes) is 1. The summed E-state index contributed by atoms with van der Waals surface area (Å²) in [5.74, 6) is 0.902. The van der Waals surface area contributed by atoms with Crippen molar-refractivity contribution in [3.63, 3.8) is 0 Å². The molecule has 0 saturated carbocycles. The molecule has 0 aliphatic heterocycles. The molecule has 0 fully saturated rings. The molecule has 0 amide bonds. The molecular weight excluding hydrogens is 274 g/mol. The van der Waals surface area contributed by atoms with Crippen LogP contribution in [0.2, 0.25) is 0 Å². The van der Waals surface area contributed by atoms with Gasteiger partial charge >= 0.3 is 0 Å². The van der Waals surface area contributed by atoms with Gasteiger partial charge < -0.3 is 15.2 Å². The second kappa shape index (κ2) is 9.85. The van der Waals surface area contributed by atoms with Crippen LogP contribution in [0.3, 0.4) is 0 Å². The van der Waals surface area contributed by atoms with Crippen molar-refractivity contribution in [2.45, 2.75) is 25.7 Å². The molecule has 2 N–H and O–H groups in total. The smallest absolute Gasteiger partial charge is 0.142 e. The van der Waals surface area contributed by atoms with Crippen molar-refractivity contribution >= 4 is 5.69 Å². The Morgan fingerprint density at radius 1 is 0.864 bits per heavy atom. The Labute approximate surface area is 133 Å². The van der Waals surface area contributed by atoms with E-state index in [0.717, 1.165) is 43.7 Å². The largest absolute Gasteiger partial charge is 0.491 e. The average Bonchev–Trinajstić information content (AvgIpc) is 2.57. The van der Waals surface area contributed by atoms with Gasteiger partial charge in [0.2, 0.25) is 0 Å². The molecule has 0 aliphatic rings. The van der Waals surface area contributed by atoms with Crippen molar-refractivity contribution in [1.82, 2.24) is 0 Å². The molecule has 0 saturated heterocycles. The lowest BCUT2D eigenvalue weighted by atomic mass is 10.1. The molecule has 2 aromatic rings. The van der Waals surface area contributed by atoms with Crippen LogP contribution in [0.1, 0.15) is 24.8 Å². The van der Waals surface area contributed by atoms with E-state index in [1.165, 1.54) is 5.56 Å². The summed E-state index contributed by atoms with van der Waals surface area (Å²) in [5, 5.41) is 12.2. The fraction of sp³-hybridized carbons (Fsp3) is 0.368. The standard InChI is InChI=1S/C19H25NO2/c21-15-7-6-14-20-18-12-4-5-13-19(18)22-16-8-11-17-9-2-1-3-10-17/h1-5,9-10,12-13,20-21H,6-8,11,14-16H2. The minimum absolute atomic E-state index is 0.249. The molecule has 0 aliphatic carbocycles. The third-order valence-corrected chi connectivity index (χ3v) is 3.50. The van der Waals surface area contributed by atoms with Gasteiger partial charge in [-0.3, -0.25) is 0 Å². The van der Waals surface area contributed by atoms with E-state index in [0.29, 0.717) is 6.61 Å². The Morgan fingerprint density at radius 2 is 1.64 bits per heavy atom. The molecule has 2 aromatic carbocycles. The van der Waals surface area contributed by atoms with Gasteiger partial charge in [0.15, 0.2) is 0 Å². The van der Waals surface area contributed by atoms with E-state index >= 15 is 0 Å². The first kappa shape index (κ1) is 16.4. The van der Waals surface area contributed by atoms with E-state index < -0.39 is 0 Å². The van der Waals surface area contributed by atoms with Crippen LogP contribution >= 0.6 is 0 Å². The fourth-order valence-electron chi connectivity index (χ4n) is 2.30. The number of aliphatic hydroxyl groups is 1. The molecule has 22 heavy (non-hydrogen) atoms. The van der Waals surface area contributed by atoms with Crippen LogP contribution in [-0.2, 0) is 6.42 Å². The SMILES string of the molecule is OCCCCNc1ccccc1OCCCc1ccccc1. The van der Waals surface area contributed by atoms with Gasteiger partial charge in [0.05, 0.1) is 12.3 Å². The van der Waals surface area contributed by atoms with E-state index in [1.807, 2.05) is 30.3 Å². The molecule has 2 rings (SSSR count). The lowest BCUT2D eigenvalue weighted by Crippen LogP contribution is -2.06. The Bertz CT molecular complexity index is 528. The van der Waals surface area contributed by atoms with E-state index in [9.17, 15) is 0 Å². The van der Waals surface area contributed by atoms with Crippen LogP contribution in [0.25, 0.3) is 0 Å². The summed E-state index contributed by atoms with van der Waals surface area (Å²) in [6.45, 7) is 1.81. The number of rotatable bonds is 10. The number of benzene rings is 2. The first-order chi connectivity index (χ1) is 10.9. The van der Waals surface area contributed by atoms with E-state index in [2.05, 4.69) is 29.6 Å². The van der Waals surface area contributed by atoms with Gasteiger partial charge in [-0.2, -0.15) is 0 Å². The van der Waals surface area contributed by atoms with Crippen molar-refractivity contribution in [3.8, 4) is 5.75 Å². The second-order valence-corrected chi connectivity index (χ2v) is 5.29. The summed E-state index contributed by atoms with van der Waals surface area (Å²) < 4.78 is 5.90. The summed E-state index contributed by atoms with van der Waals surface area (Å²) in [6.07, 6.45) is 3.82. The maximum atomic E-state index is 8.80. The Balaban J connectivity index is 1.74. The second-order valence-electron chi connectivity index (χ2n) is 5.29. The Hall–Kier alpha value is -2.00. The molecule has 0 bridgehead atoms. The van der Waals surface area contributed by atoms with Crippen molar-refractivity contribution in [1.29, 1.82) is 0 Å². The highest BCUT2D eigenvalue weighted by Gasteiger charge is 2.02. The van der Waals surface area contributed by atoms with Crippen LogP contribution in [0.5, 0.6) is 5.75 Å². The van der Waals surface area contributed by atoms with Gasteiger partial charge in [0.25, 0.3) is 0 Å². The molecule has 0 unspecified atom stereocenters. The van der Waals surface area contributed by atoms with E-state index in [-0.39, 0.29) is 6.61 Å². The Kier molecular flexibility index (Phi) is 7.33. The molecule has 3 heteroatoms. The van der Waals surface area contributed by atoms with Gasteiger partial charge in [0, 0.05) is 13.2 Å². The first-order valence-corrected chi connectivity index (χ1v) is 8.00. The zero-order valence-corrected chi connectivity index (χ0v) is 13.0. The van der Waals surface area contributed by atoms with Crippen LogP contribution in [0.4, 0.5) is 5.69 Å². The van der Waals surface area contributed by atoms with Crippen molar-refractivity contribution in [3.05, 3.63) is 60.2 Å². The number of ether oxygens (including phenoxy) is 1. The number of para-hydroxylation sites is 2. The summed E-state index contributed by atoms with van der Waals surface area (Å²) in [7, 11) is 0. The maximum Gasteiger partial charge on any atom is 0.142 e. The highest BCUT2D eigenvalue weighted by atomic mass is 16.5. The predicted molar refractivity (Wildman–Crippen MR) is 91.5 cm³/mol. The van der Waals surface area contributed by atoms with Gasteiger partial charge in [0.1, 0.15) is 5.75 Å². The number of aliphatic hydroxyl groups excluding tert-OH is 1. The molecule has 118 valence electrons. The maximum absolute atomic E-state index is 8.80. The minimum atomic E-state index is 0.249. The number of anilines is 1. The van der Waals surface area contributed by atoms with Gasteiger partial charge in [-0.25, -0.2) is 0 Å². The number of hydrogen-bond acceptors (Lipinski definition) is 3. The predicted octanol–water partition coefficient (Wildman–Crippen LogP) is 3.88. The van der Waals surface area contributed by atoms with E-state index in [1.54, 1.807) is 0 Å². The highest BCUT2D eigenvalue weighted by molar-refractivity contribution is 5.56. The molecule has 0 aromatic heterocycles. The third kappa shape index (κ3) is 5.78. The third-order valence-electron chi connectivity index (χ3n) is 3.50. The number of nitrogens with one attached hydrogen (secondary N) is 1.